The van der Waals surface area contributed by atoms with Crippen LogP contribution in [0, 0.1) is 5.41 Å². The number of carbonyl (C=O) groups excluding carboxylic acids is 1. The van der Waals surface area contributed by atoms with Crippen LogP contribution >= 0.6 is 0 Å². The number of ketones is 1. The number of aromatic nitrogens is 4. The summed E-state index contributed by atoms with van der Waals surface area (Å²) in [7, 11) is 3.81. The van der Waals surface area contributed by atoms with Crippen LogP contribution in [0.2, 0.25) is 0 Å². The van der Waals surface area contributed by atoms with Gasteiger partial charge in [-0.15, -0.1) is 0 Å². The number of Topliss-reactive ketones (excluding diaryl/α,β-unsaturated/α-hetero) is 1. The van der Waals surface area contributed by atoms with Crippen molar-refractivity contribution < 1.29 is 9.90 Å². The Hall–Kier alpha value is -2.28. The average Bonchev–Trinajstić information content (AvgIpc) is 3.21. The highest BCUT2D eigenvalue weighted by Gasteiger charge is 2.25. The van der Waals surface area contributed by atoms with Gasteiger partial charge in [-0.3, -0.25) is 4.79 Å². The van der Waals surface area contributed by atoms with E-state index < -0.39 is 5.41 Å². The molecular formula is C19H27N5O2. The fourth-order valence-corrected chi connectivity index (χ4v) is 3.36. The molecule has 1 aliphatic carbocycles. The zero-order valence-electron chi connectivity index (χ0n) is 16.0. The first-order valence-electron chi connectivity index (χ1n) is 9.01. The van der Waals surface area contributed by atoms with Crippen LogP contribution in [-0.4, -0.2) is 50.6 Å². The molecule has 0 atom stereocenters. The molecule has 2 aromatic heterocycles. The average molecular weight is 357 g/mol. The Morgan fingerprint density at radius 2 is 2.12 bits per heavy atom. The molecule has 0 aliphatic heterocycles. The molecule has 2 heterocycles. The SMILES string of the molecule is CN(CC(=O)CC(C)(C)CO)c1nc(-c2cn(C)cn2)nc2c1CCC2. The lowest BCUT2D eigenvalue weighted by Crippen LogP contribution is -2.31. The number of hydrogen-bond acceptors (Lipinski definition) is 6. The minimum Gasteiger partial charge on any atom is -0.396 e. The number of likely N-dealkylation sites (N-methyl/N-ethyl adjacent to an activating group) is 1. The van der Waals surface area contributed by atoms with Gasteiger partial charge in [-0.05, 0) is 24.7 Å². The summed E-state index contributed by atoms with van der Waals surface area (Å²) in [6, 6.07) is 0. The molecule has 7 heteroatoms. The quantitative estimate of drug-likeness (QED) is 0.813. The first kappa shape index (κ1) is 18.5. The molecule has 0 fully saturated rings. The van der Waals surface area contributed by atoms with E-state index >= 15 is 0 Å². The molecule has 0 aromatic carbocycles. The predicted molar refractivity (Wildman–Crippen MR) is 100 cm³/mol. The maximum absolute atomic E-state index is 12.4. The van der Waals surface area contributed by atoms with E-state index in [4.69, 9.17) is 9.97 Å². The van der Waals surface area contributed by atoms with E-state index in [1.54, 1.807) is 6.33 Å². The minimum absolute atomic E-state index is 0.00478. The fourth-order valence-electron chi connectivity index (χ4n) is 3.36. The molecule has 0 amide bonds. The van der Waals surface area contributed by atoms with Gasteiger partial charge in [-0.1, -0.05) is 13.8 Å². The molecule has 2 aromatic rings. The van der Waals surface area contributed by atoms with Crippen LogP contribution in [0.1, 0.15) is 37.9 Å². The highest BCUT2D eigenvalue weighted by molar-refractivity contribution is 5.84. The van der Waals surface area contributed by atoms with Crippen molar-refractivity contribution in [3.8, 4) is 11.5 Å². The van der Waals surface area contributed by atoms with Crippen LogP contribution in [0.5, 0.6) is 0 Å². The number of hydrogen-bond donors (Lipinski definition) is 1. The van der Waals surface area contributed by atoms with E-state index in [0.29, 0.717) is 12.2 Å². The molecule has 0 spiro atoms. The van der Waals surface area contributed by atoms with E-state index in [2.05, 4.69) is 4.98 Å². The van der Waals surface area contributed by atoms with E-state index in [1.807, 2.05) is 43.6 Å². The maximum Gasteiger partial charge on any atom is 0.182 e. The summed E-state index contributed by atoms with van der Waals surface area (Å²) in [6.07, 6.45) is 6.90. The van der Waals surface area contributed by atoms with Crippen LogP contribution < -0.4 is 4.90 Å². The van der Waals surface area contributed by atoms with Gasteiger partial charge in [0.2, 0.25) is 0 Å². The molecule has 0 saturated carbocycles. The molecule has 0 radical (unpaired) electrons. The van der Waals surface area contributed by atoms with E-state index in [-0.39, 0.29) is 18.9 Å². The van der Waals surface area contributed by atoms with Gasteiger partial charge in [0.25, 0.3) is 0 Å². The van der Waals surface area contributed by atoms with Crippen molar-refractivity contribution in [2.45, 2.75) is 39.5 Å². The second kappa shape index (κ2) is 7.15. The monoisotopic (exact) mass is 357 g/mol. The first-order valence-corrected chi connectivity index (χ1v) is 9.01. The number of anilines is 1. The van der Waals surface area contributed by atoms with Crippen LogP contribution in [0.3, 0.4) is 0 Å². The van der Waals surface area contributed by atoms with Gasteiger partial charge in [0.1, 0.15) is 11.5 Å². The van der Waals surface area contributed by atoms with Crippen molar-refractivity contribution in [1.82, 2.24) is 19.5 Å². The molecule has 0 bridgehead atoms. The molecule has 3 rings (SSSR count). The second-order valence-electron chi connectivity index (χ2n) is 7.97. The summed E-state index contributed by atoms with van der Waals surface area (Å²) in [5.74, 6) is 1.52. The van der Waals surface area contributed by atoms with Crippen LogP contribution in [-0.2, 0) is 24.7 Å². The van der Waals surface area contributed by atoms with Crippen LogP contribution in [0.15, 0.2) is 12.5 Å². The van der Waals surface area contributed by atoms with Crippen molar-refractivity contribution in [1.29, 1.82) is 0 Å². The maximum atomic E-state index is 12.4. The molecular weight excluding hydrogens is 330 g/mol. The van der Waals surface area contributed by atoms with Gasteiger partial charge in [-0.25, -0.2) is 15.0 Å². The topological polar surface area (TPSA) is 84.1 Å². The highest BCUT2D eigenvalue weighted by Crippen LogP contribution is 2.31. The fraction of sp³-hybridized carbons (Fsp3) is 0.579. The van der Waals surface area contributed by atoms with Crippen molar-refractivity contribution >= 4 is 11.6 Å². The number of carbonyl (C=O) groups is 1. The van der Waals surface area contributed by atoms with Crippen molar-refractivity contribution in [2.75, 3.05) is 25.1 Å². The Morgan fingerprint density at radius 3 is 2.77 bits per heavy atom. The zero-order valence-corrected chi connectivity index (χ0v) is 16.0. The minimum atomic E-state index is -0.398. The third-order valence-corrected chi connectivity index (χ3v) is 4.72. The number of aliphatic hydroxyl groups is 1. The summed E-state index contributed by atoms with van der Waals surface area (Å²) in [4.78, 5) is 28.2. The van der Waals surface area contributed by atoms with Gasteiger partial charge in [0.15, 0.2) is 11.6 Å². The number of nitrogens with zero attached hydrogens (tertiary/aromatic N) is 5. The predicted octanol–water partition coefficient (Wildman–Crippen LogP) is 1.78. The Balaban J connectivity index is 1.86. The van der Waals surface area contributed by atoms with Crippen molar-refractivity contribution in [3.05, 3.63) is 23.8 Å². The van der Waals surface area contributed by atoms with E-state index in [1.165, 1.54) is 0 Å². The Bertz CT molecular complexity index is 812. The highest BCUT2D eigenvalue weighted by atomic mass is 16.3. The molecule has 1 N–H and O–H groups in total. The molecule has 1 aliphatic rings. The van der Waals surface area contributed by atoms with E-state index in [9.17, 15) is 9.90 Å². The molecule has 0 saturated heterocycles. The Morgan fingerprint density at radius 1 is 1.35 bits per heavy atom. The molecule has 0 unspecified atom stereocenters. The second-order valence-corrected chi connectivity index (χ2v) is 7.97. The first-order chi connectivity index (χ1) is 12.3. The van der Waals surface area contributed by atoms with E-state index in [0.717, 1.165) is 42.0 Å². The summed E-state index contributed by atoms with van der Waals surface area (Å²) in [5, 5.41) is 9.39. The van der Waals surface area contributed by atoms with Gasteiger partial charge in [0.05, 0.1) is 12.9 Å². The third kappa shape index (κ3) is 3.93. The lowest BCUT2D eigenvalue weighted by molar-refractivity contribution is -0.120. The summed E-state index contributed by atoms with van der Waals surface area (Å²) in [5.41, 5.74) is 2.54. The van der Waals surface area contributed by atoms with Crippen LogP contribution in [0.25, 0.3) is 11.5 Å². The number of aliphatic hydroxyl groups excluding tert-OH is 1. The molecule has 140 valence electrons. The summed E-state index contributed by atoms with van der Waals surface area (Å²) >= 11 is 0. The number of aryl methyl sites for hydroxylation is 2. The van der Waals surface area contributed by atoms with Gasteiger partial charge in [-0.2, -0.15) is 0 Å². The number of fused-ring (bicyclic) bond motifs is 1. The smallest absolute Gasteiger partial charge is 0.182 e. The Labute approximate surface area is 154 Å². The number of imidazole rings is 1. The zero-order chi connectivity index (χ0) is 18.9. The molecule has 7 nitrogen and oxygen atoms in total. The largest absolute Gasteiger partial charge is 0.396 e. The normalized spacial score (nSPS) is 13.7. The van der Waals surface area contributed by atoms with Gasteiger partial charge in [0, 0.05) is 44.6 Å². The van der Waals surface area contributed by atoms with Gasteiger partial charge >= 0.3 is 0 Å². The van der Waals surface area contributed by atoms with Crippen molar-refractivity contribution in [2.24, 2.45) is 12.5 Å². The lowest BCUT2D eigenvalue weighted by atomic mass is 9.88. The summed E-state index contributed by atoms with van der Waals surface area (Å²) < 4.78 is 1.87. The molecule has 26 heavy (non-hydrogen) atoms. The number of rotatable bonds is 7. The van der Waals surface area contributed by atoms with Crippen LogP contribution in [0.4, 0.5) is 5.82 Å². The van der Waals surface area contributed by atoms with Gasteiger partial charge < -0.3 is 14.6 Å². The Kier molecular flexibility index (Phi) is 5.09. The third-order valence-electron chi connectivity index (χ3n) is 4.72. The summed E-state index contributed by atoms with van der Waals surface area (Å²) in [6.45, 7) is 4.06. The lowest BCUT2D eigenvalue weighted by Gasteiger charge is -2.24. The van der Waals surface area contributed by atoms with Crippen molar-refractivity contribution in [3.63, 3.8) is 0 Å². The standard InChI is InChI=1S/C19H27N5O2/c1-19(2,11-25)8-13(26)9-24(4)18-14-6-5-7-15(14)21-17(22-18)16-10-23(3)12-20-16/h10,12,25H,5-9,11H2,1-4H3.